The van der Waals surface area contributed by atoms with E-state index in [4.69, 9.17) is 0 Å². The molecule has 0 radical (unpaired) electrons. The summed E-state index contributed by atoms with van der Waals surface area (Å²) in [7, 11) is -3.39. The maximum absolute atomic E-state index is 12.4. The van der Waals surface area contributed by atoms with E-state index in [0.29, 0.717) is 17.8 Å². The van der Waals surface area contributed by atoms with E-state index in [1.807, 2.05) is 6.92 Å². The number of amides is 2. The molecule has 2 rings (SSSR count). The Hall–Kier alpha value is -2.67. The zero-order valence-electron chi connectivity index (χ0n) is 14.3. The van der Waals surface area contributed by atoms with E-state index in [2.05, 4.69) is 10.6 Å². The molecule has 0 aliphatic rings. The number of anilines is 2. The molecule has 2 aromatic carbocycles. The molecule has 0 aromatic heterocycles. The summed E-state index contributed by atoms with van der Waals surface area (Å²) in [6, 6.07) is 11.1. The number of benzene rings is 2. The van der Waals surface area contributed by atoms with Crippen molar-refractivity contribution in [1.82, 2.24) is 0 Å². The zero-order chi connectivity index (χ0) is 18.6. The van der Waals surface area contributed by atoms with E-state index in [0.717, 1.165) is 11.8 Å². The van der Waals surface area contributed by atoms with Gasteiger partial charge in [0.1, 0.15) is 0 Å². The lowest BCUT2D eigenvalue weighted by atomic mass is 10.1. The quantitative estimate of drug-likeness (QED) is 0.857. The van der Waals surface area contributed by atoms with Gasteiger partial charge in [-0.05, 0) is 42.8 Å². The SMILES string of the molecule is CCC(=O)Nc1ccc(C)c(NC(=O)c2cccc(S(C)(=O)=O)c2)c1. The monoisotopic (exact) mass is 360 g/mol. The van der Waals surface area contributed by atoms with Crippen molar-refractivity contribution in [3.05, 3.63) is 53.6 Å². The lowest BCUT2D eigenvalue weighted by Gasteiger charge is -2.12. The minimum absolute atomic E-state index is 0.0841. The van der Waals surface area contributed by atoms with Crippen molar-refractivity contribution < 1.29 is 18.0 Å². The van der Waals surface area contributed by atoms with Gasteiger partial charge < -0.3 is 10.6 Å². The van der Waals surface area contributed by atoms with E-state index in [9.17, 15) is 18.0 Å². The number of rotatable bonds is 5. The van der Waals surface area contributed by atoms with Crippen LogP contribution in [0.3, 0.4) is 0 Å². The molecular formula is C18H20N2O4S. The van der Waals surface area contributed by atoms with Crippen molar-refractivity contribution in [2.75, 3.05) is 16.9 Å². The highest BCUT2D eigenvalue weighted by Crippen LogP contribution is 2.22. The Balaban J connectivity index is 2.26. The number of carbonyl (C=O) groups excluding carboxylic acids is 2. The number of nitrogens with one attached hydrogen (secondary N) is 2. The van der Waals surface area contributed by atoms with Crippen LogP contribution in [0.4, 0.5) is 11.4 Å². The van der Waals surface area contributed by atoms with E-state index in [-0.39, 0.29) is 16.4 Å². The predicted octanol–water partition coefficient (Wildman–Crippen LogP) is 3.00. The molecule has 0 spiro atoms. The first-order valence-corrected chi connectivity index (χ1v) is 9.62. The minimum atomic E-state index is -3.39. The number of aryl methyl sites for hydroxylation is 1. The minimum Gasteiger partial charge on any atom is -0.326 e. The average molecular weight is 360 g/mol. The molecule has 0 saturated carbocycles. The largest absolute Gasteiger partial charge is 0.326 e. The second-order valence-corrected chi connectivity index (χ2v) is 7.70. The van der Waals surface area contributed by atoms with Gasteiger partial charge in [-0.25, -0.2) is 8.42 Å². The highest BCUT2D eigenvalue weighted by Gasteiger charge is 2.13. The van der Waals surface area contributed by atoms with Crippen LogP contribution in [-0.2, 0) is 14.6 Å². The number of carbonyl (C=O) groups is 2. The molecule has 2 aromatic rings. The Labute approximate surface area is 147 Å². The summed E-state index contributed by atoms with van der Waals surface area (Å²) in [5.74, 6) is -0.547. The summed E-state index contributed by atoms with van der Waals surface area (Å²) in [4.78, 5) is 24.0. The molecule has 0 bridgehead atoms. The van der Waals surface area contributed by atoms with Crippen molar-refractivity contribution in [3.8, 4) is 0 Å². The standard InChI is InChI=1S/C18H20N2O4S/c1-4-17(21)19-14-9-8-12(2)16(11-14)20-18(22)13-6-5-7-15(10-13)25(3,23)24/h5-11H,4H2,1-3H3,(H,19,21)(H,20,22). The van der Waals surface area contributed by atoms with Crippen molar-refractivity contribution in [3.63, 3.8) is 0 Å². The van der Waals surface area contributed by atoms with Crippen LogP contribution in [0.2, 0.25) is 0 Å². The predicted molar refractivity (Wildman–Crippen MR) is 97.6 cm³/mol. The summed E-state index contributed by atoms with van der Waals surface area (Å²) in [6.45, 7) is 3.58. The lowest BCUT2D eigenvalue weighted by molar-refractivity contribution is -0.115. The Morgan fingerprint density at radius 3 is 2.40 bits per heavy atom. The first-order valence-electron chi connectivity index (χ1n) is 7.72. The van der Waals surface area contributed by atoms with Gasteiger partial charge in [-0.3, -0.25) is 9.59 Å². The molecule has 0 heterocycles. The first-order chi connectivity index (χ1) is 11.7. The second-order valence-electron chi connectivity index (χ2n) is 5.69. The molecule has 7 heteroatoms. The van der Waals surface area contributed by atoms with Crippen molar-refractivity contribution >= 4 is 33.0 Å². The number of hydrogen-bond acceptors (Lipinski definition) is 4. The highest BCUT2D eigenvalue weighted by molar-refractivity contribution is 7.90. The molecular weight excluding hydrogens is 340 g/mol. The fourth-order valence-corrected chi connectivity index (χ4v) is 2.81. The van der Waals surface area contributed by atoms with Crippen LogP contribution in [0.25, 0.3) is 0 Å². The molecule has 0 unspecified atom stereocenters. The van der Waals surface area contributed by atoms with Crippen LogP contribution < -0.4 is 10.6 Å². The smallest absolute Gasteiger partial charge is 0.255 e. The molecule has 0 fully saturated rings. The van der Waals surface area contributed by atoms with Crippen LogP contribution in [0, 0.1) is 6.92 Å². The second kappa shape index (κ2) is 7.48. The highest BCUT2D eigenvalue weighted by atomic mass is 32.2. The summed E-state index contributed by atoms with van der Waals surface area (Å²) < 4.78 is 23.2. The fraction of sp³-hybridized carbons (Fsp3) is 0.222. The molecule has 0 saturated heterocycles. The Bertz CT molecular complexity index is 920. The van der Waals surface area contributed by atoms with E-state index in [1.165, 1.54) is 18.2 Å². The Kier molecular flexibility index (Phi) is 5.58. The molecule has 2 N–H and O–H groups in total. The van der Waals surface area contributed by atoms with Gasteiger partial charge in [-0.15, -0.1) is 0 Å². The number of hydrogen-bond donors (Lipinski definition) is 2. The summed E-state index contributed by atoms with van der Waals surface area (Å²) in [5, 5.41) is 5.48. The maximum atomic E-state index is 12.4. The van der Waals surface area contributed by atoms with Crippen molar-refractivity contribution in [2.45, 2.75) is 25.2 Å². The maximum Gasteiger partial charge on any atom is 0.255 e. The summed E-state index contributed by atoms with van der Waals surface area (Å²) >= 11 is 0. The molecule has 0 atom stereocenters. The third-order valence-corrected chi connectivity index (χ3v) is 4.73. The van der Waals surface area contributed by atoms with Gasteiger partial charge in [-0.1, -0.05) is 19.1 Å². The van der Waals surface area contributed by atoms with E-state index in [1.54, 1.807) is 31.2 Å². The lowest BCUT2D eigenvalue weighted by Crippen LogP contribution is -2.14. The van der Waals surface area contributed by atoms with Gasteiger partial charge >= 0.3 is 0 Å². The van der Waals surface area contributed by atoms with E-state index < -0.39 is 15.7 Å². The molecule has 132 valence electrons. The number of sulfone groups is 1. The van der Waals surface area contributed by atoms with Gasteiger partial charge in [-0.2, -0.15) is 0 Å². The third-order valence-electron chi connectivity index (χ3n) is 3.62. The zero-order valence-corrected chi connectivity index (χ0v) is 15.1. The normalized spacial score (nSPS) is 11.0. The molecule has 0 aliphatic carbocycles. The van der Waals surface area contributed by atoms with Crippen LogP contribution in [0.15, 0.2) is 47.4 Å². The molecule has 2 amide bonds. The first kappa shape index (κ1) is 18.7. The van der Waals surface area contributed by atoms with Gasteiger partial charge in [0.25, 0.3) is 5.91 Å². The third kappa shape index (κ3) is 4.90. The van der Waals surface area contributed by atoms with Gasteiger partial charge in [0, 0.05) is 29.6 Å². The Morgan fingerprint density at radius 2 is 1.76 bits per heavy atom. The summed E-state index contributed by atoms with van der Waals surface area (Å²) in [6.07, 6.45) is 1.45. The van der Waals surface area contributed by atoms with E-state index >= 15 is 0 Å². The average Bonchev–Trinajstić information content (AvgIpc) is 2.57. The Morgan fingerprint density at radius 1 is 1.04 bits per heavy atom. The van der Waals surface area contributed by atoms with Crippen LogP contribution >= 0.6 is 0 Å². The van der Waals surface area contributed by atoms with Crippen LogP contribution in [0.5, 0.6) is 0 Å². The van der Waals surface area contributed by atoms with Crippen LogP contribution in [0.1, 0.15) is 29.3 Å². The molecule has 0 aliphatic heterocycles. The van der Waals surface area contributed by atoms with Crippen molar-refractivity contribution in [1.29, 1.82) is 0 Å². The summed E-state index contributed by atoms with van der Waals surface area (Å²) in [5.41, 5.74) is 2.19. The van der Waals surface area contributed by atoms with Gasteiger partial charge in [0.2, 0.25) is 5.91 Å². The van der Waals surface area contributed by atoms with Gasteiger partial charge in [0.15, 0.2) is 9.84 Å². The van der Waals surface area contributed by atoms with Crippen LogP contribution in [-0.4, -0.2) is 26.5 Å². The van der Waals surface area contributed by atoms with Gasteiger partial charge in [0.05, 0.1) is 4.90 Å². The fourth-order valence-electron chi connectivity index (χ4n) is 2.15. The topological polar surface area (TPSA) is 92.3 Å². The van der Waals surface area contributed by atoms with Crippen molar-refractivity contribution in [2.24, 2.45) is 0 Å². The molecule has 25 heavy (non-hydrogen) atoms. The molecule has 6 nitrogen and oxygen atoms in total.